The SMILES string of the molecule is COc1ccc(-c2nc(Nc3cc(C)cc(C)c3)[nH]c(=O)c2C#N)cc1. The summed E-state index contributed by atoms with van der Waals surface area (Å²) in [6.45, 7) is 3.99. The molecule has 26 heavy (non-hydrogen) atoms. The van der Waals surface area contributed by atoms with Crippen LogP contribution in [0.25, 0.3) is 11.3 Å². The third-order valence-electron chi connectivity index (χ3n) is 3.88. The fourth-order valence-electron chi connectivity index (χ4n) is 2.78. The van der Waals surface area contributed by atoms with Crippen LogP contribution in [0.5, 0.6) is 5.75 Å². The smallest absolute Gasteiger partial charge is 0.270 e. The van der Waals surface area contributed by atoms with Gasteiger partial charge < -0.3 is 10.1 Å². The van der Waals surface area contributed by atoms with Gasteiger partial charge in [-0.25, -0.2) is 4.98 Å². The molecule has 0 saturated heterocycles. The second-order valence-electron chi connectivity index (χ2n) is 5.98. The number of nitriles is 1. The number of methoxy groups -OCH3 is 1. The Morgan fingerprint density at radius 2 is 1.77 bits per heavy atom. The first kappa shape index (κ1) is 17.2. The maximum absolute atomic E-state index is 12.3. The average Bonchev–Trinajstić information content (AvgIpc) is 2.60. The number of ether oxygens (including phenoxy) is 1. The highest BCUT2D eigenvalue weighted by molar-refractivity contribution is 5.68. The summed E-state index contributed by atoms with van der Waals surface area (Å²) in [5, 5.41) is 12.5. The van der Waals surface area contributed by atoms with E-state index < -0.39 is 5.56 Å². The molecule has 0 spiro atoms. The van der Waals surface area contributed by atoms with Crippen molar-refractivity contribution in [1.29, 1.82) is 5.26 Å². The van der Waals surface area contributed by atoms with Crippen LogP contribution < -0.4 is 15.6 Å². The molecule has 0 radical (unpaired) electrons. The second kappa shape index (κ2) is 7.11. The average molecular weight is 346 g/mol. The number of nitrogens with one attached hydrogen (secondary N) is 2. The van der Waals surface area contributed by atoms with E-state index >= 15 is 0 Å². The zero-order chi connectivity index (χ0) is 18.7. The number of H-pyrrole nitrogens is 1. The molecule has 2 aromatic carbocycles. The van der Waals surface area contributed by atoms with Gasteiger partial charge in [0.2, 0.25) is 5.95 Å². The molecule has 0 saturated carbocycles. The number of aromatic nitrogens is 2. The molecule has 3 rings (SSSR count). The first-order chi connectivity index (χ1) is 12.5. The monoisotopic (exact) mass is 346 g/mol. The summed E-state index contributed by atoms with van der Waals surface area (Å²) in [5.41, 5.74) is 3.48. The Kier molecular flexibility index (Phi) is 4.72. The summed E-state index contributed by atoms with van der Waals surface area (Å²) in [6, 6.07) is 15.0. The molecule has 1 aromatic heterocycles. The Bertz CT molecular complexity index is 1030. The molecule has 0 amide bonds. The number of aromatic amines is 1. The number of aryl methyl sites for hydroxylation is 2. The van der Waals surface area contributed by atoms with Crippen LogP contribution in [0, 0.1) is 25.2 Å². The fraction of sp³-hybridized carbons (Fsp3) is 0.150. The van der Waals surface area contributed by atoms with Crippen LogP contribution in [0.15, 0.2) is 47.3 Å². The van der Waals surface area contributed by atoms with E-state index in [1.165, 1.54) is 0 Å². The minimum absolute atomic E-state index is 0.0267. The van der Waals surface area contributed by atoms with Gasteiger partial charge in [-0.3, -0.25) is 9.78 Å². The van der Waals surface area contributed by atoms with Crippen molar-refractivity contribution in [2.75, 3.05) is 12.4 Å². The van der Waals surface area contributed by atoms with Crippen LogP contribution >= 0.6 is 0 Å². The standard InChI is InChI=1S/C20H18N4O2/c1-12-8-13(2)10-15(9-12)22-20-23-18(17(11-21)19(25)24-20)14-4-6-16(26-3)7-5-14/h4-10H,1-3H3,(H2,22,23,24,25). The van der Waals surface area contributed by atoms with E-state index in [9.17, 15) is 10.1 Å². The molecule has 0 bridgehead atoms. The zero-order valence-corrected chi connectivity index (χ0v) is 14.8. The summed E-state index contributed by atoms with van der Waals surface area (Å²) in [4.78, 5) is 19.4. The third-order valence-corrected chi connectivity index (χ3v) is 3.88. The molecule has 0 aliphatic heterocycles. The van der Waals surface area contributed by atoms with Crippen molar-refractivity contribution in [2.24, 2.45) is 0 Å². The minimum atomic E-state index is -0.486. The normalized spacial score (nSPS) is 10.2. The number of anilines is 2. The number of benzene rings is 2. The molecule has 3 aromatic rings. The van der Waals surface area contributed by atoms with Crippen molar-refractivity contribution in [1.82, 2.24) is 9.97 Å². The predicted molar refractivity (Wildman–Crippen MR) is 101 cm³/mol. The van der Waals surface area contributed by atoms with E-state index in [2.05, 4.69) is 21.4 Å². The van der Waals surface area contributed by atoms with E-state index in [4.69, 9.17) is 4.74 Å². The van der Waals surface area contributed by atoms with E-state index in [0.717, 1.165) is 16.8 Å². The Morgan fingerprint density at radius 1 is 1.12 bits per heavy atom. The lowest BCUT2D eigenvalue weighted by atomic mass is 10.1. The van der Waals surface area contributed by atoms with Crippen molar-refractivity contribution in [3.05, 3.63) is 69.5 Å². The molecule has 0 aliphatic rings. The van der Waals surface area contributed by atoms with E-state index in [0.29, 0.717) is 17.0 Å². The van der Waals surface area contributed by atoms with Crippen LogP contribution in [0.2, 0.25) is 0 Å². The molecule has 6 heteroatoms. The third kappa shape index (κ3) is 3.57. The molecule has 1 heterocycles. The van der Waals surface area contributed by atoms with E-state index in [-0.39, 0.29) is 11.5 Å². The van der Waals surface area contributed by atoms with Gasteiger partial charge in [0.25, 0.3) is 5.56 Å². The highest BCUT2D eigenvalue weighted by Crippen LogP contribution is 2.24. The molecule has 0 aliphatic carbocycles. The Morgan fingerprint density at radius 3 is 2.35 bits per heavy atom. The largest absolute Gasteiger partial charge is 0.497 e. The first-order valence-electron chi connectivity index (χ1n) is 8.04. The maximum atomic E-state index is 12.3. The van der Waals surface area contributed by atoms with Crippen molar-refractivity contribution in [3.8, 4) is 23.1 Å². The number of hydrogen-bond acceptors (Lipinski definition) is 5. The zero-order valence-electron chi connectivity index (χ0n) is 14.8. The summed E-state index contributed by atoms with van der Waals surface area (Å²) in [7, 11) is 1.58. The van der Waals surface area contributed by atoms with Crippen molar-refractivity contribution in [3.63, 3.8) is 0 Å². The minimum Gasteiger partial charge on any atom is -0.497 e. The van der Waals surface area contributed by atoms with E-state index in [1.807, 2.05) is 32.0 Å². The van der Waals surface area contributed by atoms with Gasteiger partial charge in [0.1, 0.15) is 17.4 Å². The summed E-state index contributed by atoms with van der Waals surface area (Å²) in [6.07, 6.45) is 0. The number of nitrogens with zero attached hydrogens (tertiary/aromatic N) is 2. The summed E-state index contributed by atoms with van der Waals surface area (Å²) in [5.74, 6) is 0.968. The fourth-order valence-corrected chi connectivity index (χ4v) is 2.78. The highest BCUT2D eigenvalue weighted by atomic mass is 16.5. The summed E-state index contributed by atoms with van der Waals surface area (Å²) < 4.78 is 5.14. The van der Waals surface area contributed by atoms with Gasteiger partial charge in [0, 0.05) is 11.3 Å². The maximum Gasteiger partial charge on any atom is 0.270 e. The highest BCUT2D eigenvalue weighted by Gasteiger charge is 2.14. The summed E-state index contributed by atoms with van der Waals surface area (Å²) >= 11 is 0. The Hall–Kier alpha value is -3.59. The molecular weight excluding hydrogens is 328 g/mol. The topological polar surface area (TPSA) is 90.8 Å². The van der Waals surface area contributed by atoms with Gasteiger partial charge in [-0.1, -0.05) is 6.07 Å². The van der Waals surface area contributed by atoms with Gasteiger partial charge in [0.15, 0.2) is 0 Å². The molecular formula is C20H18N4O2. The Balaban J connectivity index is 2.06. The van der Waals surface area contributed by atoms with Gasteiger partial charge in [-0.15, -0.1) is 0 Å². The lowest BCUT2D eigenvalue weighted by molar-refractivity contribution is 0.415. The van der Waals surface area contributed by atoms with E-state index in [1.54, 1.807) is 31.4 Å². The van der Waals surface area contributed by atoms with Gasteiger partial charge in [-0.2, -0.15) is 5.26 Å². The molecule has 0 atom stereocenters. The second-order valence-corrected chi connectivity index (χ2v) is 5.98. The first-order valence-corrected chi connectivity index (χ1v) is 8.04. The quantitative estimate of drug-likeness (QED) is 0.752. The van der Waals surface area contributed by atoms with Crippen LogP contribution in [-0.4, -0.2) is 17.1 Å². The van der Waals surface area contributed by atoms with Crippen LogP contribution in [0.3, 0.4) is 0 Å². The Labute approximate surface area is 151 Å². The van der Waals surface area contributed by atoms with Crippen molar-refractivity contribution >= 4 is 11.6 Å². The predicted octanol–water partition coefficient (Wildman–Crippen LogP) is 3.68. The molecule has 0 fully saturated rings. The van der Waals surface area contributed by atoms with Crippen molar-refractivity contribution in [2.45, 2.75) is 13.8 Å². The van der Waals surface area contributed by atoms with Gasteiger partial charge in [0.05, 0.1) is 12.8 Å². The number of hydrogen-bond donors (Lipinski definition) is 2. The van der Waals surface area contributed by atoms with Crippen LogP contribution in [0.1, 0.15) is 16.7 Å². The molecule has 130 valence electrons. The van der Waals surface area contributed by atoms with Crippen LogP contribution in [0.4, 0.5) is 11.6 Å². The molecule has 6 nitrogen and oxygen atoms in total. The lowest BCUT2D eigenvalue weighted by Crippen LogP contribution is -2.16. The van der Waals surface area contributed by atoms with Crippen LogP contribution in [-0.2, 0) is 0 Å². The molecule has 2 N–H and O–H groups in total. The van der Waals surface area contributed by atoms with Crippen molar-refractivity contribution < 1.29 is 4.74 Å². The number of rotatable bonds is 4. The lowest BCUT2D eigenvalue weighted by Gasteiger charge is -2.10. The molecule has 0 unspecified atom stereocenters. The van der Waals surface area contributed by atoms with Gasteiger partial charge >= 0.3 is 0 Å². The van der Waals surface area contributed by atoms with Gasteiger partial charge in [-0.05, 0) is 61.4 Å².